The van der Waals surface area contributed by atoms with Gasteiger partial charge in [-0.1, -0.05) is 18.2 Å². The van der Waals surface area contributed by atoms with Crippen LogP contribution in [0.1, 0.15) is 17.2 Å². The quantitative estimate of drug-likeness (QED) is 0.618. The average molecular weight is 179 g/mol. The first-order valence-corrected chi connectivity index (χ1v) is 4.36. The molecule has 0 radical (unpaired) electrons. The molecule has 2 unspecified atom stereocenters. The molecule has 1 aliphatic heterocycles. The van der Waals surface area contributed by atoms with Crippen molar-refractivity contribution in [2.45, 2.75) is 19.1 Å². The van der Waals surface area contributed by atoms with Crippen molar-refractivity contribution < 1.29 is 9.84 Å². The van der Waals surface area contributed by atoms with Gasteiger partial charge in [0.15, 0.2) is 0 Å². The van der Waals surface area contributed by atoms with E-state index in [1.165, 1.54) is 0 Å². The van der Waals surface area contributed by atoms with Gasteiger partial charge in [-0.15, -0.1) is 0 Å². The van der Waals surface area contributed by atoms with Gasteiger partial charge in [0.2, 0.25) is 0 Å². The first kappa shape index (κ1) is 8.53. The molecule has 1 aromatic rings. The third-order valence-electron chi connectivity index (χ3n) is 2.41. The van der Waals surface area contributed by atoms with Crippen molar-refractivity contribution in [3.63, 3.8) is 0 Å². The van der Waals surface area contributed by atoms with Crippen LogP contribution in [0.25, 0.3) is 0 Å². The molecule has 13 heavy (non-hydrogen) atoms. The SMILES string of the molecule is Cc1cccc2c1OCC(O)C2N. The number of para-hydroxylation sites is 1. The Labute approximate surface area is 77.1 Å². The van der Waals surface area contributed by atoms with Crippen molar-refractivity contribution in [1.82, 2.24) is 0 Å². The van der Waals surface area contributed by atoms with Crippen molar-refractivity contribution in [2.24, 2.45) is 5.73 Å². The highest BCUT2D eigenvalue weighted by molar-refractivity contribution is 5.44. The van der Waals surface area contributed by atoms with Gasteiger partial charge in [-0.3, -0.25) is 0 Å². The summed E-state index contributed by atoms with van der Waals surface area (Å²) < 4.78 is 5.41. The van der Waals surface area contributed by atoms with E-state index in [1.54, 1.807) is 0 Å². The molecular weight excluding hydrogens is 166 g/mol. The second-order valence-corrected chi connectivity index (χ2v) is 3.40. The monoisotopic (exact) mass is 179 g/mol. The molecule has 70 valence electrons. The van der Waals surface area contributed by atoms with Crippen LogP contribution in [-0.2, 0) is 0 Å². The summed E-state index contributed by atoms with van der Waals surface area (Å²) in [5.41, 5.74) is 7.80. The molecule has 3 nitrogen and oxygen atoms in total. The number of ether oxygens (including phenoxy) is 1. The lowest BCUT2D eigenvalue weighted by Crippen LogP contribution is -2.35. The molecule has 1 aromatic carbocycles. The smallest absolute Gasteiger partial charge is 0.127 e. The number of hydrogen-bond acceptors (Lipinski definition) is 3. The Morgan fingerprint density at radius 2 is 2.31 bits per heavy atom. The summed E-state index contributed by atoms with van der Waals surface area (Å²) in [6.45, 7) is 2.27. The maximum atomic E-state index is 9.47. The van der Waals surface area contributed by atoms with E-state index in [1.807, 2.05) is 25.1 Å². The maximum absolute atomic E-state index is 9.47. The molecule has 1 heterocycles. The average Bonchev–Trinajstić information content (AvgIpc) is 2.12. The minimum Gasteiger partial charge on any atom is -0.490 e. The molecular formula is C10H13NO2. The Morgan fingerprint density at radius 3 is 3.08 bits per heavy atom. The zero-order valence-corrected chi connectivity index (χ0v) is 7.53. The van der Waals surface area contributed by atoms with Crippen LogP contribution in [0.2, 0.25) is 0 Å². The lowest BCUT2D eigenvalue weighted by molar-refractivity contribution is 0.0674. The topological polar surface area (TPSA) is 55.5 Å². The Balaban J connectivity index is 2.49. The second kappa shape index (κ2) is 3.01. The van der Waals surface area contributed by atoms with Crippen LogP contribution in [0.3, 0.4) is 0 Å². The van der Waals surface area contributed by atoms with Gasteiger partial charge in [-0.05, 0) is 12.5 Å². The maximum Gasteiger partial charge on any atom is 0.127 e. The number of fused-ring (bicyclic) bond motifs is 1. The first-order valence-electron chi connectivity index (χ1n) is 4.36. The minimum atomic E-state index is -0.589. The van der Waals surface area contributed by atoms with Gasteiger partial charge in [0, 0.05) is 5.56 Å². The van der Waals surface area contributed by atoms with E-state index in [-0.39, 0.29) is 6.04 Å². The minimum absolute atomic E-state index is 0.291. The molecule has 0 saturated carbocycles. The predicted molar refractivity (Wildman–Crippen MR) is 49.6 cm³/mol. The molecule has 2 rings (SSSR count). The zero-order chi connectivity index (χ0) is 9.42. The molecule has 3 heteroatoms. The molecule has 0 amide bonds. The van der Waals surface area contributed by atoms with E-state index in [9.17, 15) is 5.11 Å². The van der Waals surface area contributed by atoms with Gasteiger partial charge in [-0.2, -0.15) is 0 Å². The predicted octanol–water partition coefficient (Wildman–Crippen LogP) is 0.748. The first-order chi connectivity index (χ1) is 6.20. The van der Waals surface area contributed by atoms with E-state index in [0.29, 0.717) is 6.61 Å². The lowest BCUT2D eigenvalue weighted by Gasteiger charge is -2.28. The molecule has 0 bridgehead atoms. The Kier molecular flexibility index (Phi) is 1.98. The van der Waals surface area contributed by atoms with Gasteiger partial charge >= 0.3 is 0 Å². The number of benzene rings is 1. The molecule has 0 spiro atoms. The third kappa shape index (κ3) is 1.30. The van der Waals surface area contributed by atoms with Crippen LogP contribution >= 0.6 is 0 Å². The van der Waals surface area contributed by atoms with Crippen molar-refractivity contribution in [3.05, 3.63) is 29.3 Å². The normalized spacial score (nSPS) is 26.4. The summed E-state index contributed by atoms with van der Waals surface area (Å²) in [6, 6.07) is 5.48. The van der Waals surface area contributed by atoms with Crippen LogP contribution in [-0.4, -0.2) is 17.8 Å². The number of nitrogens with two attached hydrogens (primary N) is 1. The summed E-state index contributed by atoms with van der Waals surface area (Å²) in [4.78, 5) is 0. The Hall–Kier alpha value is -1.06. The molecule has 0 aliphatic carbocycles. The van der Waals surface area contributed by atoms with Crippen molar-refractivity contribution in [2.75, 3.05) is 6.61 Å². The standard InChI is InChI=1S/C10H13NO2/c1-6-3-2-4-7-9(11)8(12)5-13-10(6)7/h2-4,8-9,12H,5,11H2,1H3. The van der Waals surface area contributed by atoms with Crippen molar-refractivity contribution in [1.29, 1.82) is 0 Å². The highest BCUT2D eigenvalue weighted by Gasteiger charge is 2.26. The zero-order valence-electron chi connectivity index (χ0n) is 7.53. The van der Waals surface area contributed by atoms with E-state index >= 15 is 0 Å². The molecule has 0 aromatic heterocycles. The van der Waals surface area contributed by atoms with Crippen LogP contribution < -0.4 is 10.5 Å². The summed E-state index contributed by atoms with van der Waals surface area (Å²) in [5.74, 6) is 0.834. The Bertz CT molecular complexity index is 325. The fourth-order valence-electron chi connectivity index (χ4n) is 1.61. The largest absolute Gasteiger partial charge is 0.490 e. The summed E-state index contributed by atoms with van der Waals surface area (Å²) in [6.07, 6.45) is -0.589. The van der Waals surface area contributed by atoms with E-state index in [2.05, 4.69) is 0 Å². The second-order valence-electron chi connectivity index (χ2n) is 3.40. The van der Waals surface area contributed by atoms with Gasteiger partial charge in [0.25, 0.3) is 0 Å². The highest BCUT2D eigenvalue weighted by Crippen LogP contribution is 2.33. The molecule has 2 atom stereocenters. The molecule has 0 fully saturated rings. The van der Waals surface area contributed by atoms with Crippen LogP contribution in [0.15, 0.2) is 18.2 Å². The van der Waals surface area contributed by atoms with Gasteiger partial charge in [0.05, 0.1) is 6.04 Å². The van der Waals surface area contributed by atoms with Crippen LogP contribution in [0.5, 0.6) is 5.75 Å². The number of aryl methyl sites for hydroxylation is 1. The molecule has 0 saturated heterocycles. The number of hydrogen-bond donors (Lipinski definition) is 2. The van der Waals surface area contributed by atoms with Gasteiger partial charge in [0.1, 0.15) is 18.5 Å². The fourth-order valence-corrected chi connectivity index (χ4v) is 1.61. The third-order valence-corrected chi connectivity index (χ3v) is 2.41. The van der Waals surface area contributed by atoms with E-state index in [4.69, 9.17) is 10.5 Å². The van der Waals surface area contributed by atoms with Crippen molar-refractivity contribution >= 4 is 0 Å². The Morgan fingerprint density at radius 1 is 1.54 bits per heavy atom. The van der Waals surface area contributed by atoms with Gasteiger partial charge < -0.3 is 15.6 Å². The summed E-state index contributed by atoms with van der Waals surface area (Å²) in [7, 11) is 0. The number of aliphatic hydroxyl groups is 1. The highest BCUT2D eigenvalue weighted by atomic mass is 16.5. The molecule has 3 N–H and O–H groups in total. The number of aliphatic hydroxyl groups excluding tert-OH is 1. The van der Waals surface area contributed by atoms with Gasteiger partial charge in [-0.25, -0.2) is 0 Å². The molecule has 1 aliphatic rings. The summed E-state index contributed by atoms with van der Waals surface area (Å²) in [5, 5.41) is 9.47. The number of rotatable bonds is 0. The lowest BCUT2D eigenvalue weighted by atomic mass is 9.97. The fraction of sp³-hybridized carbons (Fsp3) is 0.400. The van der Waals surface area contributed by atoms with Crippen LogP contribution in [0, 0.1) is 6.92 Å². The van der Waals surface area contributed by atoms with Crippen molar-refractivity contribution in [3.8, 4) is 5.75 Å². The van der Waals surface area contributed by atoms with E-state index in [0.717, 1.165) is 16.9 Å². The summed E-state index contributed by atoms with van der Waals surface area (Å²) >= 11 is 0. The van der Waals surface area contributed by atoms with Crippen LogP contribution in [0.4, 0.5) is 0 Å². The van der Waals surface area contributed by atoms with E-state index < -0.39 is 6.10 Å².